The summed E-state index contributed by atoms with van der Waals surface area (Å²) in [6.45, 7) is -1.01. The van der Waals surface area contributed by atoms with Crippen LogP contribution in [-0.2, 0) is 11.4 Å². The maximum absolute atomic E-state index is 14.0. The molecule has 0 bridgehead atoms. The van der Waals surface area contributed by atoms with Crippen LogP contribution < -0.4 is 10.1 Å². The molecule has 2 N–H and O–H groups in total. The Bertz CT molecular complexity index is 830. The maximum atomic E-state index is 14.0. The lowest BCUT2D eigenvalue weighted by Crippen LogP contribution is -2.30. The zero-order valence-corrected chi connectivity index (χ0v) is 14.0. The van der Waals surface area contributed by atoms with Crippen LogP contribution in [0.3, 0.4) is 0 Å². The normalized spacial score (nSPS) is 10.4. The highest BCUT2D eigenvalue weighted by molar-refractivity contribution is 6.42. The van der Waals surface area contributed by atoms with E-state index in [1.165, 1.54) is 18.2 Å². The number of carbonyl (C=O) groups excluding carboxylic acids is 1. The second-order valence-electron chi connectivity index (χ2n) is 4.86. The molecule has 0 aliphatic carbocycles. The van der Waals surface area contributed by atoms with E-state index in [0.29, 0.717) is 16.8 Å². The van der Waals surface area contributed by atoms with Gasteiger partial charge in [-0.1, -0.05) is 23.2 Å². The molecule has 0 saturated heterocycles. The minimum absolute atomic E-state index is 0.127. The average molecular weight is 390 g/mol. The number of carboxylic acids is 1. The third kappa shape index (κ3) is 5.04. The number of carboxylic acid groups (broad SMARTS) is 1. The van der Waals surface area contributed by atoms with Crippen molar-refractivity contribution in [2.24, 2.45) is 0 Å². The first-order valence-corrected chi connectivity index (χ1v) is 7.59. The van der Waals surface area contributed by atoms with Gasteiger partial charge in [-0.15, -0.1) is 0 Å². The van der Waals surface area contributed by atoms with E-state index in [1.54, 1.807) is 0 Å². The topological polar surface area (TPSA) is 75.6 Å². The smallest absolute Gasteiger partial charge is 0.322 e. The molecule has 0 aromatic heterocycles. The molecule has 0 radical (unpaired) electrons. The summed E-state index contributed by atoms with van der Waals surface area (Å²) in [6, 6.07) is 5.91. The zero-order chi connectivity index (χ0) is 18.6. The predicted molar refractivity (Wildman–Crippen MR) is 87.1 cm³/mol. The van der Waals surface area contributed by atoms with Gasteiger partial charge in [0.2, 0.25) is 0 Å². The van der Waals surface area contributed by atoms with Crippen molar-refractivity contribution in [2.75, 3.05) is 6.54 Å². The maximum Gasteiger partial charge on any atom is 0.322 e. The summed E-state index contributed by atoms with van der Waals surface area (Å²) in [4.78, 5) is 22.0. The summed E-state index contributed by atoms with van der Waals surface area (Å²) in [5, 5.41) is 11.0. The molecule has 0 unspecified atom stereocenters. The Hall–Kier alpha value is -2.38. The monoisotopic (exact) mass is 389 g/mol. The van der Waals surface area contributed by atoms with Crippen LogP contribution in [0.15, 0.2) is 30.3 Å². The molecule has 0 aliphatic heterocycles. The van der Waals surface area contributed by atoms with Gasteiger partial charge in [0.1, 0.15) is 30.5 Å². The first-order valence-electron chi connectivity index (χ1n) is 6.83. The van der Waals surface area contributed by atoms with Crippen LogP contribution in [0.1, 0.15) is 15.9 Å². The Morgan fingerprint density at radius 3 is 2.44 bits per heavy atom. The van der Waals surface area contributed by atoms with Gasteiger partial charge in [0.15, 0.2) is 0 Å². The number of ether oxygens (including phenoxy) is 1. The second-order valence-corrected chi connectivity index (χ2v) is 5.68. The molecule has 0 saturated carbocycles. The summed E-state index contributed by atoms with van der Waals surface area (Å²) < 4.78 is 33.3. The van der Waals surface area contributed by atoms with Crippen molar-refractivity contribution in [3.63, 3.8) is 0 Å². The van der Waals surface area contributed by atoms with Crippen LogP contribution in [0.25, 0.3) is 0 Å². The van der Waals surface area contributed by atoms with Gasteiger partial charge in [-0.25, -0.2) is 8.78 Å². The van der Waals surface area contributed by atoms with Crippen LogP contribution in [0, 0.1) is 11.6 Å². The number of halogens is 4. The van der Waals surface area contributed by atoms with Gasteiger partial charge in [0.05, 0.1) is 15.6 Å². The lowest BCUT2D eigenvalue weighted by atomic mass is 10.1. The molecular formula is C16H11Cl2F2NO4. The van der Waals surface area contributed by atoms with E-state index in [0.717, 1.165) is 6.07 Å². The van der Waals surface area contributed by atoms with Crippen LogP contribution >= 0.6 is 23.2 Å². The molecule has 2 aromatic rings. The van der Waals surface area contributed by atoms with E-state index < -0.39 is 35.6 Å². The summed E-state index contributed by atoms with van der Waals surface area (Å²) in [5.41, 5.74) is -0.726. The molecule has 0 heterocycles. The van der Waals surface area contributed by atoms with Gasteiger partial charge in [0.25, 0.3) is 5.91 Å². The SMILES string of the molecule is O=C(O)CNC(=O)c1cc(F)c(COc2ccc(Cl)c(Cl)c2)cc1F. The van der Waals surface area contributed by atoms with Crippen molar-refractivity contribution in [2.45, 2.75) is 6.61 Å². The molecule has 0 atom stereocenters. The lowest BCUT2D eigenvalue weighted by Gasteiger charge is -2.10. The number of carbonyl (C=O) groups is 2. The molecule has 132 valence electrons. The van der Waals surface area contributed by atoms with E-state index >= 15 is 0 Å². The van der Waals surface area contributed by atoms with Crippen molar-refractivity contribution < 1.29 is 28.2 Å². The van der Waals surface area contributed by atoms with Crippen molar-refractivity contribution in [3.8, 4) is 5.75 Å². The first kappa shape index (κ1) is 19.0. The summed E-state index contributed by atoms with van der Waals surface area (Å²) in [7, 11) is 0. The van der Waals surface area contributed by atoms with Crippen LogP contribution in [0.5, 0.6) is 5.75 Å². The fraction of sp³-hybridized carbons (Fsp3) is 0.125. The van der Waals surface area contributed by atoms with Gasteiger partial charge in [-0.05, 0) is 24.3 Å². The Morgan fingerprint density at radius 2 is 1.80 bits per heavy atom. The Labute approximate surface area is 151 Å². The number of aliphatic carboxylic acids is 1. The average Bonchev–Trinajstić information content (AvgIpc) is 2.56. The fourth-order valence-electron chi connectivity index (χ4n) is 1.85. The largest absolute Gasteiger partial charge is 0.489 e. The van der Waals surface area contributed by atoms with E-state index in [1.807, 2.05) is 5.32 Å². The van der Waals surface area contributed by atoms with Gasteiger partial charge in [-0.2, -0.15) is 0 Å². The quantitative estimate of drug-likeness (QED) is 0.790. The fourth-order valence-corrected chi connectivity index (χ4v) is 2.14. The highest BCUT2D eigenvalue weighted by atomic mass is 35.5. The minimum Gasteiger partial charge on any atom is -0.489 e. The van der Waals surface area contributed by atoms with Crippen molar-refractivity contribution in [1.29, 1.82) is 0 Å². The lowest BCUT2D eigenvalue weighted by molar-refractivity contribution is -0.135. The van der Waals surface area contributed by atoms with E-state index in [-0.39, 0.29) is 17.2 Å². The third-order valence-electron chi connectivity index (χ3n) is 3.07. The number of hydrogen-bond acceptors (Lipinski definition) is 3. The summed E-state index contributed by atoms with van der Waals surface area (Å²) in [6.07, 6.45) is 0. The Kier molecular flexibility index (Phi) is 6.17. The third-order valence-corrected chi connectivity index (χ3v) is 3.81. The molecule has 5 nitrogen and oxygen atoms in total. The number of amides is 1. The first-order chi connectivity index (χ1) is 11.8. The Morgan fingerprint density at radius 1 is 1.08 bits per heavy atom. The van der Waals surface area contributed by atoms with Gasteiger partial charge in [-0.3, -0.25) is 9.59 Å². The summed E-state index contributed by atoms with van der Waals surface area (Å²) in [5.74, 6) is -3.91. The minimum atomic E-state index is -1.30. The van der Waals surface area contributed by atoms with Crippen molar-refractivity contribution >= 4 is 35.1 Å². The molecule has 0 fully saturated rings. The van der Waals surface area contributed by atoms with Crippen LogP contribution in [0.4, 0.5) is 8.78 Å². The molecule has 0 aliphatic rings. The number of nitrogens with one attached hydrogen (secondary N) is 1. The van der Waals surface area contributed by atoms with E-state index in [2.05, 4.69) is 0 Å². The van der Waals surface area contributed by atoms with Crippen LogP contribution in [0.2, 0.25) is 10.0 Å². The van der Waals surface area contributed by atoms with E-state index in [4.69, 9.17) is 33.0 Å². The summed E-state index contributed by atoms with van der Waals surface area (Å²) >= 11 is 11.6. The van der Waals surface area contributed by atoms with Gasteiger partial charge < -0.3 is 15.2 Å². The molecule has 0 spiro atoms. The number of benzene rings is 2. The highest BCUT2D eigenvalue weighted by Gasteiger charge is 2.17. The van der Waals surface area contributed by atoms with E-state index in [9.17, 15) is 18.4 Å². The molecule has 1 amide bonds. The second kappa shape index (κ2) is 8.13. The van der Waals surface area contributed by atoms with Gasteiger partial charge >= 0.3 is 5.97 Å². The standard InChI is InChI=1S/C16H11Cl2F2NO4/c17-11-2-1-9(4-12(11)18)25-7-8-3-14(20)10(5-13(8)19)16(24)21-6-15(22)23/h1-5H,6-7H2,(H,21,24)(H,22,23). The van der Waals surface area contributed by atoms with Crippen molar-refractivity contribution in [1.82, 2.24) is 5.32 Å². The molecule has 2 aromatic carbocycles. The molecule has 2 rings (SSSR count). The molecular weight excluding hydrogens is 379 g/mol. The Balaban J connectivity index is 2.12. The zero-order valence-electron chi connectivity index (χ0n) is 12.5. The number of rotatable bonds is 6. The van der Waals surface area contributed by atoms with Crippen LogP contribution in [-0.4, -0.2) is 23.5 Å². The molecule has 9 heteroatoms. The predicted octanol–water partition coefficient (Wildman–Crippen LogP) is 3.67. The molecule has 25 heavy (non-hydrogen) atoms. The highest BCUT2D eigenvalue weighted by Crippen LogP contribution is 2.27. The van der Waals surface area contributed by atoms with Gasteiger partial charge in [0, 0.05) is 11.6 Å². The van der Waals surface area contributed by atoms with Crippen molar-refractivity contribution in [3.05, 3.63) is 63.1 Å². The number of hydrogen-bond donors (Lipinski definition) is 2.